The molecule has 1 nitrogen and oxygen atoms in total. The second-order valence-corrected chi connectivity index (χ2v) is 5.37. The van der Waals surface area contributed by atoms with Gasteiger partial charge in [-0.05, 0) is 41.8 Å². The van der Waals surface area contributed by atoms with Crippen LogP contribution in [0.1, 0.15) is 46.7 Å². The summed E-state index contributed by atoms with van der Waals surface area (Å²) >= 11 is 1.57. The lowest BCUT2D eigenvalue weighted by molar-refractivity contribution is 0.103. The van der Waals surface area contributed by atoms with Crippen molar-refractivity contribution in [1.82, 2.24) is 0 Å². The number of benzene rings is 1. The third kappa shape index (κ3) is 2.05. The summed E-state index contributed by atoms with van der Waals surface area (Å²) < 4.78 is 0. The van der Waals surface area contributed by atoms with E-state index in [9.17, 15) is 4.79 Å². The van der Waals surface area contributed by atoms with Crippen molar-refractivity contribution < 1.29 is 4.79 Å². The molecule has 0 aliphatic heterocycles. The topological polar surface area (TPSA) is 17.1 Å². The van der Waals surface area contributed by atoms with Crippen LogP contribution in [0.2, 0.25) is 0 Å². The van der Waals surface area contributed by atoms with Crippen molar-refractivity contribution in [3.63, 3.8) is 0 Å². The van der Waals surface area contributed by atoms with Gasteiger partial charge in [-0.25, -0.2) is 0 Å². The summed E-state index contributed by atoms with van der Waals surface area (Å²) in [4.78, 5) is 12.2. The van der Waals surface area contributed by atoms with Gasteiger partial charge in [0.2, 0.25) is 0 Å². The molecule has 0 radical (unpaired) electrons. The Kier molecular flexibility index (Phi) is 2.81. The third-order valence-corrected chi connectivity index (χ3v) is 4.19. The number of hydrogen-bond acceptors (Lipinski definition) is 2. The fraction of sp³-hybridized carbons (Fsp3) is 0.267. The van der Waals surface area contributed by atoms with Crippen LogP contribution in [0.3, 0.4) is 0 Å². The van der Waals surface area contributed by atoms with Crippen LogP contribution in [0.5, 0.6) is 0 Å². The highest BCUT2D eigenvalue weighted by atomic mass is 32.1. The number of rotatable bonds is 3. The average molecular weight is 242 g/mol. The van der Waals surface area contributed by atoms with Gasteiger partial charge in [-0.15, -0.1) is 0 Å². The van der Waals surface area contributed by atoms with Crippen molar-refractivity contribution in [2.24, 2.45) is 0 Å². The molecule has 1 fully saturated rings. The molecule has 0 spiro atoms. The van der Waals surface area contributed by atoms with Gasteiger partial charge in [0.25, 0.3) is 0 Å². The van der Waals surface area contributed by atoms with Gasteiger partial charge in [-0.3, -0.25) is 4.79 Å². The maximum atomic E-state index is 12.2. The minimum Gasteiger partial charge on any atom is -0.289 e. The van der Waals surface area contributed by atoms with Crippen LogP contribution in [0.4, 0.5) is 0 Å². The molecule has 1 aromatic heterocycles. The highest BCUT2D eigenvalue weighted by molar-refractivity contribution is 7.08. The Morgan fingerprint density at radius 2 is 2.06 bits per heavy atom. The first-order valence-corrected chi connectivity index (χ1v) is 6.96. The van der Waals surface area contributed by atoms with Crippen molar-refractivity contribution in [1.29, 1.82) is 0 Å². The molecule has 86 valence electrons. The van der Waals surface area contributed by atoms with Gasteiger partial charge in [-0.2, -0.15) is 11.3 Å². The summed E-state index contributed by atoms with van der Waals surface area (Å²) in [7, 11) is 0. The fourth-order valence-electron chi connectivity index (χ4n) is 2.24. The van der Waals surface area contributed by atoms with Crippen molar-refractivity contribution in [2.75, 3.05) is 0 Å². The van der Waals surface area contributed by atoms with E-state index in [0.29, 0.717) is 5.92 Å². The normalized spacial score (nSPS) is 15.5. The smallest absolute Gasteiger partial charge is 0.193 e. The third-order valence-electron chi connectivity index (χ3n) is 3.51. The Hall–Kier alpha value is -1.41. The summed E-state index contributed by atoms with van der Waals surface area (Å²) in [6, 6.07) is 10.0. The molecule has 0 atom stereocenters. The second-order valence-electron chi connectivity index (χ2n) is 4.59. The predicted molar refractivity (Wildman–Crippen MR) is 70.8 cm³/mol. The van der Waals surface area contributed by atoms with E-state index < -0.39 is 0 Å². The number of carbonyl (C=O) groups is 1. The highest BCUT2D eigenvalue weighted by Crippen LogP contribution is 2.36. The summed E-state index contributed by atoms with van der Waals surface area (Å²) in [5.41, 5.74) is 2.96. The van der Waals surface area contributed by atoms with Crippen LogP contribution in [0.15, 0.2) is 41.1 Å². The van der Waals surface area contributed by atoms with Gasteiger partial charge >= 0.3 is 0 Å². The molecule has 2 aromatic rings. The van der Waals surface area contributed by atoms with Crippen molar-refractivity contribution in [3.05, 3.63) is 57.8 Å². The summed E-state index contributed by atoms with van der Waals surface area (Å²) in [5, 5.41) is 3.86. The largest absolute Gasteiger partial charge is 0.289 e. The maximum Gasteiger partial charge on any atom is 0.193 e. The summed E-state index contributed by atoms with van der Waals surface area (Å²) in [6.45, 7) is 0. The van der Waals surface area contributed by atoms with E-state index in [1.165, 1.54) is 24.8 Å². The Morgan fingerprint density at radius 3 is 2.71 bits per heavy atom. The Labute approximate surface area is 105 Å². The molecular formula is C15H14OS. The molecule has 1 aromatic carbocycles. The first kappa shape index (κ1) is 10.7. The zero-order valence-electron chi connectivity index (χ0n) is 9.56. The quantitative estimate of drug-likeness (QED) is 0.735. The van der Waals surface area contributed by atoms with E-state index in [1.807, 2.05) is 29.0 Å². The van der Waals surface area contributed by atoms with E-state index in [0.717, 1.165) is 11.1 Å². The monoisotopic (exact) mass is 242 g/mol. The SMILES string of the molecule is O=C(c1ccsc1)c1cccc(C2CCC2)c1. The van der Waals surface area contributed by atoms with Crippen LogP contribution in [-0.2, 0) is 0 Å². The highest BCUT2D eigenvalue weighted by Gasteiger charge is 2.20. The van der Waals surface area contributed by atoms with E-state index in [4.69, 9.17) is 0 Å². The molecule has 1 aliphatic carbocycles. The lowest BCUT2D eigenvalue weighted by Gasteiger charge is -2.26. The predicted octanol–water partition coefficient (Wildman–Crippen LogP) is 4.25. The van der Waals surface area contributed by atoms with Crippen molar-refractivity contribution in [3.8, 4) is 0 Å². The maximum absolute atomic E-state index is 12.2. The number of ketones is 1. The van der Waals surface area contributed by atoms with Gasteiger partial charge in [0.1, 0.15) is 0 Å². The van der Waals surface area contributed by atoms with Gasteiger partial charge < -0.3 is 0 Å². The fourth-order valence-corrected chi connectivity index (χ4v) is 2.87. The van der Waals surface area contributed by atoms with E-state index in [2.05, 4.69) is 12.1 Å². The number of thiophene rings is 1. The zero-order chi connectivity index (χ0) is 11.7. The van der Waals surface area contributed by atoms with Crippen LogP contribution in [-0.4, -0.2) is 5.78 Å². The molecule has 0 amide bonds. The molecule has 0 N–H and O–H groups in total. The van der Waals surface area contributed by atoms with Crippen LogP contribution >= 0.6 is 11.3 Å². The molecule has 0 bridgehead atoms. The Morgan fingerprint density at radius 1 is 1.18 bits per heavy atom. The molecule has 0 unspecified atom stereocenters. The van der Waals surface area contributed by atoms with E-state index in [1.54, 1.807) is 11.3 Å². The Bertz CT molecular complexity index is 524. The lowest BCUT2D eigenvalue weighted by Crippen LogP contribution is -2.10. The Balaban J connectivity index is 1.90. The minimum atomic E-state index is 0.146. The molecule has 3 rings (SSSR count). The molecule has 0 saturated heterocycles. The molecular weight excluding hydrogens is 228 g/mol. The average Bonchev–Trinajstić information content (AvgIpc) is 2.79. The van der Waals surface area contributed by atoms with Crippen molar-refractivity contribution in [2.45, 2.75) is 25.2 Å². The standard InChI is InChI=1S/C15H14OS/c16-15(14-7-8-17-10-14)13-6-2-5-12(9-13)11-3-1-4-11/h2,5-11H,1,3-4H2. The van der Waals surface area contributed by atoms with Gasteiger partial charge in [0, 0.05) is 16.5 Å². The first-order chi connectivity index (χ1) is 8.34. The lowest BCUT2D eigenvalue weighted by atomic mass is 9.79. The number of hydrogen-bond donors (Lipinski definition) is 0. The second kappa shape index (κ2) is 4.46. The number of carbonyl (C=O) groups excluding carboxylic acids is 1. The van der Waals surface area contributed by atoms with Crippen molar-refractivity contribution >= 4 is 17.1 Å². The molecule has 1 saturated carbocycles. The zero-order valence-corrected chi connectivity index (χ0v) is 10.4. The van der Waals surface area contributed by atoms with E-state index >= 15 is 0 Å². The van der Waals surface area contributed by atoms with Gasteiger partial charge in [0.15, 0.2) is 5.78 Å². The summed E-state index contributed by atoms with van der Waals surface area (Å²) in [5.74, 6) is 0.831. The molecule has 1 aliphatic rings. The van der Waals surface area contributed by atoms with Gasteiger partial charge in [-0.1, -0.05) is 24.6 Å². The van der Waals surface area contributed by atoms with Crippen LogP contribution in [0.25, 0.3) is 0 Å². The summed E-state index contributed by atoms with van der Waals surface area (Å²) in [6.07, 6.45) is 3.87. The van der Waals surface area contributed by atoms with Crippen LogP contribution < -0.4 is 0 Å². The molecule has 2 heteroatoms. The van der Waals surface area contributed by atoms with E-state index in [-0.39, 0.29) is 5.78 Å². The first-order valence-electron chi connectivity index (χ1n) is 6.01. The van der Waals surface area contributed by atoms with Crippen LogP contribution in [0, 0.1) is 0 Å². The minimum absolute atomic E-state index is 0.146. The molecule has 1 heterocycles. The van der Waals surface area contributed by atoms with Gasteiger partial charge in [0.05, 0.1) is 0 Å². The molecule has 17 heavy (non-hydrogen) atoms.